The number of amides is 1. The lowest BCUT2D eigenvalue weighted by Gasteiger charge is -2.23. The molecular formula is C27H25ClN2O4S. The zero-order chi connectivity index (χ0) is 24.8. The van der Waals surface area contributed by atoms with Gasteiger partial charge in [0.15, 0.2) is 0 Å². The van der Waals surface area contributed by atoms with Gasteiger partial charge in [0, 0.05) is 10.6 Å². The smallest absolute Gasteiger partial charge is 0.251 e. The van der Waals surface area contributed by atoms with Gasteiger partial charge in [0.2, 0.25) is 10.0 Å². The summed E-state index contributed by atoms with van der Waals surface area (Å²) in [5.41, 5.74) is 1.84. The van der Waals surface area contributed by atoms with Gasteiger partial charge in [-0.1, -0.05) is 54.1 Å². The van der Waals surface area contributed by atoms with Crippen molar-refractivity contribution in [3.8, 4) is 5.75 Å². The first kappa shape index (κ1) is 24.6. The minimum Gasteiger partial charge on any atom is -0.492 e. The molecule has 6 nitrogen and oxygen atoms in total. The summed E-state index contributed by atoms with van der Waals surface area (Å²) in [6.07, 6.45) is 1.19. The van der Waals surface area contributed by atoms with Crippen molar-refractivity contribution in [3.63, 3.8) is 0 Å². The van der Waals surface area contributed by atoms with Crippen molar-refractivity contribution >= 4 is 44.0 Å². The number of anilines is 1. The Morgan fingerprint density at radius 3 is 2.29 bits per heavy atom. The van der Waals surface area contributed by atoms with Crippen LogP contribution in [0.15, 0.2) is 91.0 Å². The van der Waals surface area contributed by atoms with Crippen LogP contribution in [-0.2, 0) is 16.6 Å². The van der Waals surface area contributed by atoms with Gasteiger partial charge in [-0.3, -0.25) is 9.10 Å². The predicted molar refractivity (Wildman–Crippen MR) is 141 cm³/mol. The molecule has 0 heterocycles. The van der Waals surface area contributed by atoms with Crippen molar-refractivity contribution in [2.24, 2.45) is 0 Å². The average Bonchev–Trinajstić information content (AvgIpc) is 2.85. The quantitative estimate of drug-likeness (QED) is 0.312. The first-order valence-electron chi connectivity index (χ1n) is 11.0. The molecule has 8 heteroatoms. The number of nitrogens with zero attached hydrogens (tertiary/aromatic N) is 1. The monoisotopic (exact) mass is 508 g/mol. The van der Waals surface area contributed by atoms with E-state index in [0.717, 1.165) is 16.3 Å². The normalized spacial score (nSPS) is 11.3. The highest BCUT2D eigenvalue weighted by Crippen LogP contribution is 2.25. The summed E-state index contributed by atoms with van der Waals surface area (Å²) in [6, 6.07) is 27.3. The molecule has 4 aromatic rings. The molecule has 0 aliphatic rings. The maximum absolute atomic E-state index is 12.6. The lowest BCUT2D eigenvalue weighted by Crippen LogP contribution is -2.29. The van der Waals surface area contributed by atoms with Crippen LogP contribution in [0.2, 0.25) is 5.02 Å². The Kier molecular flexibility index (Phi) is 7.58. The van der Waals surface area contributed by atoms with E-state index in [2.05, 4.69) is 5.32 Å². The Morgan fingerprint density at radius 2 is 1.60 bits per heavy atom. The number of halogens is 1. The summed E-state index contributed by atoms with van der Waals surface area (Å²) in [7, 11) is -3.52. The zero-order valence-corrected chi connectivity index (χ0v) is 20.7. The lowest BCUT2D eigenvalue weighted by atomic mass is 10.1. The number of rotatable bonds is 9. The van der Waals surface area contributed by atoms with Crippen molar-refractivity contribution in [2.45, 2.75) is 6.54 Å². The third-order valence-corrected chi connectivity index (χ3v) is 6.83. The summed E-state index contributed by atoms with van der Waals surface area (Å²) in [6.45, 7) is 0.821. The number of ether oxygens (including phenoxy) is 1. The fourth-order valence-electron chi connectivity index (χ4n) is 3.63. The molecule has 1 amide bonds. The molecule has 180 valence electrons. The summed E-state index contributed by atoms with van der Waals surface area (Å²) < 4.78 is 32.1. The third kappa shape index (κ3) is 6.53. The fourth-order valence-corrected chi connectivity index (χ4v) is 4.63. The van der Waals surface area contributed by atoms with Crippen LogP contribution < -0.4 is 14.4 Å². The zero-order valence-electron chi connectivity index (χ0n) is 19.1. The van der Waals surface area contributed by atoms with Crippen LogP contribution in [0.3, 0.4) is 0 Å². The molecule has 0 bridgehead atoms. The van der Waals surface area contributed by atoms with Gasteiger partial charge < -0.3 is 10.1 Å². The van der Waals surface area contributed by atoms with E-state index in [9.17, 15) is 13.2 Å². The van der Waals surface area contributed by atoms with Crippen LogP contribution in [-0.4, -0.2) is 33.7 Å². The Morgan fingerprint density at radius 1 is 0.914 bits per heavy atom. The Labute approximate surface area is 210 Å². The SMILES string of the molecule is CS(=O)(=O)N(Cc1ccc(C(=O)NCCOc2ccc(Cl)cc2)cc1)c1ccc2ccccc2c1. The van der Waals surface area contributed by atoms with Gasteiger partial charge in [0.05, 0.1) is 25.0 Å². The van der Waals surface area contributed by atoms with Crippen LogP contribution in [0.25, 0.3) is 10.8 Å². The second-order valence-corrected chi connectivity index (χ2v) is 10.4. The molecule has 35 heavy (non-hydrogen) atoms. The van der Waals surface area contributed by atoms with Crippen molar-refractivity contribution in [1.29, 1.82) is 0 Å². The highest BCUT2D eigenvalue weighted by Gasteiger charge is 2.18. The van der Waals surface area contributed by atoms with Crippen molar-refractivity contribution in [2.75, 3.05) is 23.7 Å². The van der Waals surface area contributed by atoms with Gasteiger partial charge in [-0.15, -0.1) is 0 Å². The maximum Gasteiger partial charge on any atom is 0.251 e. The van der Waals surface area contributed by atoms with E-state index in [-0.39, 0.29) is 12.5 Å². The number of carbonyl (C=O) groups excluding carboxylic acids is 1. The van der Waals surface area contributed by atoms with Gasteiger partial charge in [0.1, 0.15) is 12.4 Å². The largest absolute Gasteiger partial charge is 0.492 e. The van der Waals surface area contributed by atoms with E-state index in [1.807, 2.05) is 36.4 Å². The molecule has 0 aliphatic heterocycles. The summed E-state index contributed by atoms with van der Waals surface area (Å²) in [5, 5.41) is 5.45. The van der Waals surface area contributed by atoms with Gasteiger partial charge in [-0.2, -0.15) is 0 Å². The molecule has 0 saturated carbocycles. The molecule has 4 aromatic carbocycles. The van der Waals surface area contributed by atoms with Crippen molar-refractivity contribution < 1.29 is 17.9 Å². The molecule has 0 aromatic heterocycles. The van der Waals surface area contributed by atoms with E-state index >= 15 is 0 Å². The second-order valence-electron chi connectivity index (χ2n) is 8.06. The maximum atomic E-state index is 12.6. The van der Waals surface area contributed by atoms with Crippen LogP contribution >= 0.6 is 11.6 Å². The lowest BCUT2D eigenvalue weighted by molar-refractivity contribution is 0.0947. The van der Waals surface area contributed by atoms with Crippen LogP contribution in [0.5, 0.6) is 5.75 Å². The fraction of sp³-hybridized carbons (Fsp3) is 0.148. The molecule has 0 atom stereocenters. The molecule has 0 spiro atoms. The van der Waals surface area contributed by atoms with Gasteiger partial charge in [-0.25, -0.2) is 8.42 Å². The Bertz CT molecular complexity index is 1420. The van der Waals surface area contributed by atoms with E-state index in [1.54, 1.807) is 54.6 Å². The third-order valence-electron chi connectivity index (χ3n) is 5.43. The molecular weight excluding hydrogens is 484 g/mol. The highest BCUT2D eigenvalue weighted by molar-refractivity contribution is 7.92. The van der Waals surface area contributed by atoms with Gasteiger partial charge in [-0.05, 0) is 64.9 Å². The van der Waals surface area contributed by atoms with E-state index < -0.39 is 10.0 Å². The highest BCUT2D eigenvalue weighted by atomic mass is 35.5. The molecule has 0 unspecified atom stereocenters. The Balaban J connectivity index is 1.38. The molecule has 4 rings (SSSR count). The number of hydrogen-bond acceptors (Lipinski definition) is 4. The summed E-state index contributed by atoms with van der Waals surface area (Å²) in [4.78, 5) is 12.4. The van der Waals surface area contributed by atoms with Crippen LogP contribution in [0.1, 0.15) is 15.9 Å². The topological polar surface area (TPSA) is 75.7 Å². The number of fused-ring (bicyclic) bond motifs is 1. The van der Waals surface area contributed by atoms with E-state index in [1.165, 1.54) is 10.6 Å². The standard InChI is InChI=1S/C27H25ClN2O4S/c1-35(32,33)30(25-13-10-21-4-2-3-5-23(21)18-25)19-20-6-8-22(9-7-20)27(31)29-16-17-34-26-14-11-24(28)12-15-26/h2-15,18H,16-17,19H2,1H3,(H,29,31). The second kappa shape index (κ2) is 10.8. The van der Waals surface area contributed by atoms with Crippen LogP contribution in [0, 0.1) is 0 Å². The number of carbonyl (C=O) groups is 1. The molecule has 0 saturated heterocycles. The number of hydrogen-bond donors (Lipinski definition) is 1. The molecule has 0 radical (unpaired) electrons. The van der Waals surface area contributed by atoms with E-state index in [4.69, 9.17) is 16.3 Å². The van der Waals surface area contributed by atoms with Gasteiger partial charge in [0.25, 0.3) is 5.91 Å². The minimum atomic E-state index is -3.52. The van der Waals surface area contributed by atoms with Crippen LogP contribution in [0.4, 0.5) is 5.69 Å². The molecule has 0 fully saturated rings. The average molecular weight is 509 g/mol. The summed E-state index contributed by atoms with van der Waals surface area (Å²) >= 11 is 5.85. The first-order valence-corrected chi connectivity index (χ1v) is 13.2. The number of nitrogens with one attached hydrogen (secondary N) is 1. The predicted octanol–water partition coefficient (Wildman–Crippen LogP) is 5.27. The molecule has 0 aliphatic carbocycles. The molecule has 1 N–H and O–H groups in total. The summed E-state index contributed by atoms with van der Waals surface area (Å²) in [5.74, 6) is 0.445. The van der Waals surface area contributed by atoms with Crippen molar-refractivity contribution in [3.05, 3.63) is 107 Å². The minimum absolute atomic E-state index is 0.161. The number of benzene rings is 4. The Hall–Kier alpha value is -3.55. The van der Waals surface area contributed by atoms with Gasteiger partial charge >= 0.3 is 0 Å². The first-order chi connectivity index (χ1) is 16.8. The number of sulfonamides is 1. The van der Waals surface area contributed by atoms with Crippen molar-refractivity contribution in [1.82, 2.24) is 5.32 Å². The van der Waals surface area contributed by atoms with E-state index in [0.29, 0.717) is 35.2 Å².